The van der Waals surface area contributed by atoms with Gasteiger partial charge in [0.05, 0.1) is 0 Å². The zero-order valence-electron chi connectivity index (χ0n) is 15.8. The molecular formula is C24H21BrN2O2. The Balaban J connectivity index is 1.76. The molecule has 0 saturated carbocycles. The van der Waals surface area contributed by atoms with Crippen molar-refractivity contribution in [2.75, 3.05) is 0 Å². The van der Waals surface area contributed by atoms with E-state index in [0.717, 1.165) is 21.2 Å². The van der Waals surface area contributed by atoms with Crippen molar-refractivity contribution in [1.82, 2.24) is 10.6 Å². The van der Waals surface area contributed by atoms with Gasteiger partial charge in [-0.15, -0.1) is 0 Å². The summed E-state index contributed by atoms with van der Waals surface area (Å²) in [4.78, 5) is 25.6. The summed E-state index contributed by atoms with van der Waals surface area (Å²) in [5, 5.41) is 5.67. The third-order valence-electron chi connectivity index (χ3n) is 4.24. The molecule has 2 N–H and O–H groups in total. The molecular weight excluding hydrogens is 428 g/mol. The van der Waals surface area contributed by atoms with Crippen LogP contribution in [-0.4, -0.2) is 11.8 Å². The van der Waals surface area contributed by atoms with Crippen LogP contribution >= 0.6 is 15.9 Å². The van der Waals surface area contributed by atoms with Crippen LogP contribution in [-0.2, 0) is 22.7 Å². The van der Waals surface area contributed by atoms with Crippen LogP contribution in [0.3, 0.4) is 0 Å². The molecule has 146 valence electrons. The summed E-state index contributed by atoms with van der Waals surface area (Å²) in [7, 11) is 0. The maximum atomic E-state index is 12.8. The molecule has 3 aromatic rings. The van der Waals surface area contributed by atoms with Crippen molar-refractivity contribution >= 4 is 33.8 Å². The SMILES string of the molecule is O=C(NCc1ccccc1)C(=Cc1cccc(Br)c1)C(=O)NCc1ccccc1. The van der Waals surface area contributed by atoms with E-state index in [1.54, 1.807) is 6.08 Å². The van der Waals surface area contributed by atoms with E-state index in [1.165, 1.54) is 0 Å². The molecule has 0 aromatic heterocycles. The van der Waals surface area contributed by atoms with Gasteiger partial charge in [-0.2, -0.15) is 0 Å². The van der Waals surface area contributed by atoms with Crippen LogP contribution in [0.15, 0.2) is 95.0 Å². The van der Waals surface area contributed by atoms with E-state index in [-0.39, 0.29) is 5.57 Å². The summed E-state index contributed by atoms with van der Waals surface area (Å²) in [5.74, 6) is -0.834. The Morgan fingerprint density at radius 3 is 1.72 bits per heavy atom. The maximum Gasteiger partial charge on any atom is 0.257 e. The van der Waals surface area contributed by atoms with Crippen LogP contribution in [0.25, 0.3) is 6.08 Å². The average Bonchev–Trinajstić information content (AvgIpc) is 2.75. The smallest absolute Gasteiger partial charge is 0.257 e. The van der Waals surface area contributed by atoms with Crippen LogP contribution in [0.1, 0.15) is 16.7 Å². The second-order valence-electron chi connectivity index (χ2n) is 6.45. The first-order valence-electron chi connectivity index (χ1n) is 9.23. The molecule has 0 unspecified atom stereocenters. The van der Waals surface area contributed by atoms with E-state index in [0.29, 0.717) is 13.1 Å². The predicted octanol–water partition coefficient (Wildman–Crippen LogP) is 4.47. The molecule has 0 saturated heterocycles. The molecule has 3 aromatic carbocycles. The third kappa shape index (κ3) is 6.43. The third-order valence-corrected chi connectivity index (χ3v) is 4.73. The van der Waals surface area contributed by atoms with Crippen LogP contribution < -0.4 is 10.6 Å². The summed E-state index contributed by atoms with van der Waals surface area (Å²) in [6, 6.07) is 26.6. The minimum Gasteiger partial charge on any atom is -0.348 e. The van der Waals surface area contributed by atoms with E-state index >= 15 is 0 Å². The second kappa shape index (κ2) is 10.4. The second-order valence-corrected chi connectivity index (χ2v) is 7.37. The van der Waals surface area contributed by atoms with Crippen molar-refractivity contribution in [2.24, 2.45) is 0 Å². The lowest BCUT2D eigenvalue weighted by Crippen LogP contribution is -2.34. The van der Waals surface area contributed by atoms with E-state index in [1.807, 2.05) is 84.9 Å². The lowest BCUT2D eigenvalue weighted by Gasteiger charge is -2.11. The zero-order chi connectivity index (χ0) is 20.5. The molecule has 0 radical (unpaired) electrons. The van der Waals surface area contributed by atoms with E-state index in [4.69, 9.17) is 0 Å². The minimum atomic E-state index is -0.417. The fourth-order valence-corrected chi connectivity index (χ4v) is 3.16. The summed E-state index contributed by atoms with van der Waals surface area (Å²) < 4.78 is 0.875. The average molecular weight is 449 g/mol. The minimum absolute atomic E-state index is 0.0648. The van der Waals surface area contributed by atoms with Gasteiger partial charge in [-0.25, -0.2) is 0 Å². The van der Waals surface area contributed by atoms with Crippen LogP contribution in [0.4, 0.5) is 0 Å². The number of nitrogens with one attached hydrogen (secondary N) is 2. The highest BCUT2D eigenvalue weighted by molar-refractivity contribution is 9.10. The van der Waals surface area contributed by atoms with Gasteiger partial charge in [-0.3, -0.25) is 9.59 Å². The Kier molecular flexibility index (Phi) is 7.36. The monoisotopic (exact) mass is 448 g/mol. The molecule has 0 fully saturated rings. The fourth-order valence-electron chi connectivity index (χ4n) is 2.74. The van der Waals surface area contributed by atoms with E-state index < -0.39 is 11.8 Å². The van der Waals surface area contributed by atoms with Gasteiger partial charge in [0.25, 0.3) is 11.8 Å². The number of benzene rings is 3. The number of rotatable bonds is 7. The topological polar surface area (TPSA) is 58.2 Å². The highest BCUT2D eigenvalue weighted by atomic mass is 79.9. The maximum absolute atomic E-state index is 12.8. The van der Waals surface area contributed by atoms with Crippen molar-refractivity contribution in [3.8, 4) is 0 Å². The number of hydrogen-bond donors (Lipinski definition) is 2. The summed E-state index contributed by atoms with van der Waals surface area (Å²) in [5.41, 5.74) is 2.76. The number of amides is 2. The Morgan fingerprint density at radius 2 is 1.24 bits per heavy atom. The highest BCUT2D eigenvalue weighted by Gasteiger charge is 2.18. The molecule has 0 atom stereocenters. The van der Waals surface area contributed by atoms with Crippen LogP contribution in [0.2, 0.25) is 0 Å². The zero-order valence-corrected chi connectivity index (χ0v) is 17.4. The first kappa shape index (κ1) is 20.6. The van der Waals surface area contributed by atoms with Gasteiger partial charge in [0.2, 0.25) is 0 Å². The van der Waals surface area contributed by atoms with Crippen LogP contribution in [0, 0.1) is 0 Å². The Morgan fingerprint density at radius 1 is 0.724 bits per heavy atom. The van der Waals surface area contributed by atoms with Gasteiger partial charge < -0.3 is 10.6 Å². The fraction of sp³-hybridized carbons (Fsp3) is 0.0833. The van der Waals surface area contributed by atoms with Crippen molar-refractivity contribution in [1.29, 1.82) is 0 Å². The van der Waals surface area contributed by atoms with Gasteiger partial charge in [0.15, 0.2) is 0 Å². The first-order chi connectivity index (χ1) is 14.1. The van der Waals surface area contributed by atoms with Crippen molar-refractivity contribution in [3.05, 3.63) is 112 Å². The molecule has 5 heteroatoms. The molecule has 0 aliphatic heterocycles. The number of carbonyl (C=O) groups excluding carboxylic acids is 2. The molecule has 3 rings (SSSR count). The molecule has 0 bridgehead atoms. The summed E-state index contributed by atoms with van der Waals surface area (Å²) >= 11 is 3.42. The number of hydrogen-bond acceptors (Lipinski definition) is 2. The Labute approximate surface area is 178 Å². The lowest BCUT2D eigenvalue weighted by atomic mass is 10.1. The molecule has 29 heavy (non-hydrogen) atoms. The Hall–Kier alpha value is -3.18. The summed E-state index contributed by atoms with van der Waals surface area (Å²) in [6.45, 7) is 0.697. The number of carbonyl (C=O) groups is 2. The number of halogens is 1. The van der Waals surface area contributed by atoms with Crippen molar-refractivity contribution < 1.29 is 9.59 Å². The van der Waals surface area contributed by atoms with Gasteiger partial charge in [-0.1, -0.05) is 88.7 Å². The van der Waals surface area contributed by atoms with Gasteiger partial charge in [0.1, 0.15) is 5.57 Å². The van der Waals surface area contributed by atoms with Crippen molar-refractivity contribution in [3.63, 3.8) is 0 Å². The first-order valence-corrected chi connectivity index (χ1v) is 10.0. The largest absolute Gasteiger partial charge is 0.348 e. The van der Waals surface area contributed by atoms with Gasteiger partial charge in [0, 0.05) is 17.6 Å². The molecule has 4 nitrogen and oxygen atoms in total. The predicted molar refractivity (Wildman–Crippen MR) is 119 cm³/mol. The lowest BCUT2D eigenvalue weighted by molar-refractivity contribution is -0.123. The Bertz CT molecular complexity index is 944. The molecule has 0 aliphatic carbocycles. The standard InChI is InChI=1S/C24H21BrN2O2/c25-21-13-7-12-20(14-21)15-22(23(28)26-16-18-8-3-1-4-9-18)24(29)27-17-19-10-5-2-6-11-19/h1-15H,16-17H2,(H,26,28)(H,27,29). The highest BCUT2D eigenvalue weighted by Crippen LogP contribution is 2.15. The summed E-state index contributed by atoms with van der Waals surface area (Å²) in [6.07, 6.45) is 1.60. The van der Waals surface area contributed by atoms with E-state index in [2.05, 4.69) is 26.6 Å². The van der Waals surface area contributed by atoms with Gasteiger partial charge in [-0.05, 0) is 34.9 Å². The van der Waals surface area contributed by atoms with Gasteiger partial charge >= 0.3 is 0 Å². The quantitative estimate of drug-likeness (QED) is 0.318. The molecule has 0 aliphatic rings. The molecule has 2 amide bonds. The molecule has 0 heterocycles. The van der Waals surface area contributed by atoms with E-state index in [9.17, 15) is 9.59 Å². The van der Waals surface area contributed by atoms with Crippen LogP contribution in [0.5, 0.6) is 0 Å². The van der Waals surface area contributed by atoms with Crippen molar-refractivity contribution in [2.45, 2.75) is 13.1 Å². The molecule has 0 spiro atoms. The normalized spacial score (nSPS) is 10.1.